The first kappa shape index (κ1) is 20.2. The van der Waals surface area contributed by atoms with Gasteiger partial charge in [-0.05, 0) is 61.4 Å². The normalized spacial score (nSPS) is 11.5. The van der Waals surface area contributed by atoms with Gasteiger partial charge in [-0.2, -0.15) is 0 Å². The Morgan fingerprint density at radius 1 is 0.750 bits per heavy atom. The minimum Gasteiger partial charge on any atom is -0.507 e. The number of aliphatic imine (C=N–C) groups is 2. The van der Waals surface area contributed by atoms with E-state index in [-0.39, 0.29) is 5.75 Å². The summed E-state index contributed by atoms with van der Waals surface area (Å²) in [5.74, 6) is 0.182. The molecule has 3 nitrogen and oxygen atoms in total. The third kappa shape index (κ3) is 4.86. The number of aryl methyl sites for hydroxylation is 1. The van der Waals surface area contributed by atoms with Gasteiger partial charge in [0.2, 0.25) is 0 Å². The number of nitrogens with zero attached hydrogens (tertiary/aromatic N) is 2. The lowest BCUT2D eigenvalue weighted by atomic mass is 10.1. The van der Waals surface area contributed by atoms with Crippen molar-refractivity contribution in [2.24, 2.45) is 9.98 Å². The first-order valence-electron chi connectivity index (χ1n) is 8.80. The molecular weight excluding hydrogens is 384 g/mol. The van der Waals surface area contributed by atoms with E-state index < -0.39 is 0 Å². The Bertz CT molecular complexity index is 950. The van der Waals surface area contributed by atoms with Crippen LogP contribution in [0.1, 0.15) is 16.7 Å². The highest BCUT2D eigenvalue weighted by Crippen LogP contribution is 2.30. The van der Waals surface area contributed by atoms with Crippen LogP contribution in [0.15, 0.2) is 80.4 Å². The Hall–Kier alpha value is -2.50. The number of hydrogen-bond donors (Lipinski definition) is 1. The maximum atomic E-state index is 10.7. The van der Waals surface area contributed by atoms with Crippen LogP contribution in [0.3, 0.4) is 0 Å². The van der Waals surface area contributed by atoms with E-state index in [4.69, 9.17) is 0 Å². The van der Waals surface area contributed by atoms with E-state index in [1.807, 2.05) is 80.1 Å². The second-order valence-electron chi connectivity index (χ2n) is 6.15. The van der Waals surface area contributed by atoms with Crippen LogP contribution in [-0.2, 0) is 0 Å². The monoisotopic (exact) mass is 406 g/mol. The number of hydrogen-bond acceptors (Lipinski definition) is 5. The molecule has 0 aromatic heterocycles. The standard InChI is InChI=1S/C23H22N2OS2/c1-16-12-17(14-24-19-8-4-6-10-21(19)27-2)23(26)18(13-16)15-25-20-9-5-7-11-22(20)28-3/h4-15,26H,1-3H3. The fourth-order valence-electron chi connectivity index (χ4n) is 2.78. The average Bonchev–Trinajstić information content (AvgIpc) is 2.73. The maximum Gasteiger partial charge on any atom is 0.133 e. The highest BCUT2D eigenvalue weighted by molar-refractivity contribution is 7.99. The molecule has 142 valence electrons. The second kappa shape index (κ2) is 9.62. The predicted octanol–water partition coefficient (Wildman–Crippen LogP) is 6.65. The maximum absolute atomic E-state index is 10.7. The lowest BCUT2D eigenvalue weighted by Crippen LogP contribution is -1.92. The number of thioether (sulfide) groups is 2. The van der Waals surface area contributed by atoms with Crippen molar-refractivity contribution < 1.29 is 5.11 Å². The largest absolute Gasteiger partial charge is 0.507 e. The molecule has 3 rings (SSSR count). The summed E-state index contributed by atoms with van der Waals surface area (Å²) in [6, 6.07) is 19.8. The summed E-state index contributed by atoms with van der Waals surface area (Å²) in [6.45, 7) is 2.00. The Balaban J connectivity index is 1.94. The lowest BCUT2D eigenvalue weighted by Gasteiger charge is -2.07. The Kier molecular flexibility index (Phi) is 6.95. The van der Waals surface area contributed by atoms with Crippen molar-refractivity contribution in [1.29, 1.82) is 0 Å². The zero-order valence-electron chi connectivity index (χ0n) is 16.1. The van der Waals surface area contributed by atoms with Crippen LogP contribution in [0.2, 0.25) is 0 Å². The number of phenolic OH excluding ortho intramolecular Hbond substituents is 1. The van der Waals surface area contributed by atoms with E-state index in [0.717, 1.165) is 26.7 Å². The Labute approximate surface area is 174 Å². The smallest absolute Gasteiger partial charge is 0.133 e. The molecule has 0 saturated carbocycles. The van der Waals surface area contributed by atoms with Gasteiger partial charge in [-0.25, -0.2) is 0 Å². The van der Waals surface area contributed by atoms with Gasteiger partial charge in [-0.1, -0.05) is 24.3 Å². The summed E-state index contributed by atoms with van der Waals surface area (Å²) < 4.78 is 0. The molecule has 0 amide bonds. The minimum absolute atomic E-state index is 0.182. The molecule has 3 aromatic carbocycles. The van der Waals surface area contributed by atoms with Gasteiger partial charge in [0.05, 0.1) is 11.4 Å². The lowest BCUT2D eigenvalue weighted by molar-refractivity contribution is 0.473. The fourth-order valence-corrected chi connectivity index (χ4v) is 3.87. The summed E-state index contributed by atoms with van der Waals surface area (Å²) >= 11 is 3.30. The average molecular weight is 407 g/mol. The zero-order chi connectivity index (χ0) is 19.9. The van der Waals surface area contributed by atoms with Gasteiger partial charge in [0.25, 0.3) is 0 Å². The fraction of sp³-hybridized carbons (Fsp3) is 0.130. The van der Waals surface area contributed by atoms with Crippen LogP contribution < -0.4 is 0 Å². The third-order valence-electron chi connectivity index (χ3n) is 4.17. The number of phenols is 1. The quantitative estimate of drug-likeness (QED) is 0.368. The number of aromatic hydroxyl groups is 1. The first-order chi connectivity index (χ1) is 13.6. The van der Waals surface area contributed by atoms with Crippen molar-refractivity contribution in [3.63, 3.8) is 0 Å². The third-order valence-corrected chi connectivity index (χ3v) is 5.74. The van der Waals surface area contributed by atoms with E-state index in [9.17, 15) is 5.11 Å². The summed E-state index contributed by atoms with van der Waals surface area (Å²) in [4.78, 5) is 11.4. The van der Waals surface area contributed by atoms with Gasteiger partial charge in [-0.3, -0.25) is 9.98 Å². The predicted molar refractivity (Wildman–Crippen MR) is 124 cm³/mol. The van der Waals surface area contributed by atoms with Crippen molar-refractivity contribution in [3.8, 4) is 5.75 Å². The number of para-hydroxylation sites is 2. The molecule has 0 radical (unpaired) electrons. The first-order valence-corrected chi connectivity index (χ1v) is 11.2. The van der Waals surface area contributed by atoms with Gasteiger partial charge in [0, 0.05) is 33.3 Å². The molecule has 0 bridgehead atoms. The molecule has 0 aliphatic carbocycles. The molecule has 5 heteroatoms. The molecule has 1 N–H and O–H groups in total. The molecule has 0 heterocycles. The van der Waals surface area contributed by atoms with E-state index in [1.54, 1.807) is 36.0 Å². The van der Waals surface area contributed by atoms with Crippen molar-refractivity contribution in [1.82, 2.24) is 0 Å². The molecule has 28 heavy (non-hydrogen) atoms. The van der Waals surface area contributed by atoms with Gasteiger partial charge < -0.3 is 5.11 Å². The highest BCUT2D eigenvalue weighted by atomic mass is 32.2. The van der Waals surface area contributed by atoms with E-state index in [0.29, 0.717) is 11.1 Å². The molecule has 0 fully saturated rings. The van der Waals surface area contributed by atoms with Crippen molar-refractivity contribution in [3.05, 3.63) is 77.4 Å². The van der Waals surface area contributed by atoms with Crippen LogP contribution in [-0.4, -0.2) is 30.0 Å². The molecule has 0 spiro atoms. The van der Waals surface area contributed by atoms with Crippen LogP contribution in [0.25, 0.3) is 0 Å². The molecule has 3 aromatic rings. The summed E-state index contributed by atoms with van der Waals surface area (Å²) in [6.07, 6.45) is 7.48. The van der Waals surface area contributed by atoms with E-state index in [2.05, 4.69) is 9.98 Å². The Morgan fingerprint density at radius 2 is 1.18 bits per heavy atom. The van der Waals surface area contributed by atoms with Crippen LogP contribution >= 0.6 is 23.5 Å². The summed E-state index contributed by atoms with van der Waals surface area (Å²) in [7, 11) is 0. The zero-order valence-corrected chi connectivity index (χ0v) is 17.7. The SMILES string of the molecule is CSc1ccccc1N=Cc1cc(C)cc(C=Nc2ccccc2SC)c1O. The van der Waals surface area contributed by atoms with Crippen LogP contribution in [0, 0.1) is 6.92 Å². The second-order valence-corrected chi connectivity index (χ2v) is 7.85. The molecule has 0 unspecified atom stereocenters. The topological polar surface area (TPSA) is 45.0 Å². The van der Waals surface area contributed by atoms with E-state index >= 15 is 0 Å². The summed E-state index contributed by atoms with van der Waals surface area (Å²) in [5, 5.41) is 10.7. The van der Waals surface area contributed by atoms with Gasteiger partial charge in [0.15, 0.2) is 0 Å². The highest BCUT2D eigenvalue weighted by Gasteiger charge is 2.07. The number of benzene rings is 3. The molecule has 0 atom stereocenters. The van der Waals surface area contributed by atoms with E-state index in [1.165, 1.54) is 0 Å². The molecule has 0 aliphatic rings. The summed E-state index contributed by atoms with van der Waals surface area (Å²) in [5.41, 5.74) is 4.17. The van der Waals surface area contributed by atoms with Crippen molar-refractivity contribution >= 4 is 47.3 Å². The molecule has 0 saturated heterocycles. The number of rotatable bonds is 6. The van der Waals surface area contributed by atoms with Gasteiger partial charge >= 0.3 is 0 Å². The molecular formula is C23H22N2OS2. The van der Waals surface area contributed by atoms with Crippen LogP contribution in [0.4, 0.5) is 11.4 Å². The van der Waals surface area contributed by atoms with Crippen LogP contribution in [0.5, 0.6) is 5.75 Å². The Morgan fingerprint density at radius 3 is 1.61 bits per heavy atom. The van der Waals surface area contributed by atoms with Crippen molar-refractivity contribution in [2.75, 3.05) is 12.5 Å². The minimum atomic E-state index is 0.182. The van der Waals surface area contributed by atoms with Gasteiger partial charge in [-0.15, -0.1) is 23.5 Å². The van der Waals surface area contributed by atoms with Gasteiger partial charge in [0.1, 0.15) is 5.75 Å². The van der Waals surface area contributed by atoms with Crippen molar-refractivity contribution in [2.45, 2.75) is 16.7 Å². The molecule has 0 aliphatic heterocycles.